The van der Waals surface area contributed by atoms with Gasteiger partial charge in [-0.05, 0) is 18.1 Å². The second-order valence-electron chi connectivity index (χ2n) is 4.64. The van der Waals surface area contributed by atoms with Crippen molar-refractivity contribution >= 4 is 11.9 Å². The molecule has 0 radical (unpaired) electrons. The molecule has 2 N–H and O–H groups in total. The van der Waals surface area contributed by atoms with E-state index in [0.717, 1.165) is 0 Å². The van der Waals surface area contributed by atoms with Crippen LogP contribution in [-0.4, -0.2) is 31.9 Å². The van der Waals surface area contributed by atoms with Gasteiger partial charge in [0.15, 0.2) is 0 Å². The summed E-state index contributed by atoms with van der Waals surface area (Å²) < 4.78 is 1.39. The molecule has 0 bridgehead atoms. The number of hydrogen-bond acceptors (Lipinski definition) is 3. The summed E-state index contributed by atoms with van der Waals surface area (Å²) in [4.78, 5) is 22.5. The molecular formula is C14H14N2O4. The highest BCUT2D eigenvalue weighted by Crippen LogP contribution is 2.24. The predicted octanol–water partition coefficient (Wildman–Crippen LogP) is 2.39. The zero-order chi connectivity index (χ0) is 14.9. The van der Waals surface area contributed by atoms with Gasteiger partial charge < -0.3 is 10.2 Å². The Bertz CT molecular complexity index is 674. The van der Waals surface area contributed by atoms with Crippen LogP contribution in [0, 0.1) is 0 Å². The minimum atomic E-state index is -1.08. The molecule has 0 amide bonds. The van der Waals surface area contributed by atoms with Crippen LogP contribution in [0.15, 0.2) is 30.5 Å². The third kappa shape index (κ3) is 2.27. The van der Waals surface area contributed by atoms with Gasteiger partial charge in [0.2, 0.25) is 0 Å². The van der Waals surface area contributed by atoms with E-state index >= 15 is 0 Å². The Morgan fingerprint density at radius 2 is 1.70 bits per heavy atom. The molecule has 0 fully saturated rings. The molecule has 1 heterocycles. The quantitative estimate of drug-likeness (QED) is 0.893. The van der Waals surface area contributed by atoms with Crippen LogP contribution in [0.1, 0.15) is 46.2 Å². The van der Waals surface area contributed by atoms with Crippen LogP contribution < -0.4 is 0 Å². The van der Waals surface area contributed by atoms with E-state index in [9.17, 15) is 19.8 Å². The van der Waals surface area contributed by atoms with Gasteiger partial charge in [-0.25, -0.2) is 14.3 Å². The molecule has 20 heavy (non-hydrogen) atoms. The SMILES string of the molecule is CC(C)c1c(C(=O)O)cnn1-c1ccccc1C(=O)O. The first kappa shape index (κ1) is 13.8. The van der Waals surface area contributed by atoms with Gasteiger partial charge in [0, 0.05) is 0 Å². The number of para-hydroxylation sites is 1. The van der Waals surface area contributed by atoms with E-state index in [0.29, 0.717) is 11.4 Å². The standard InChI is InChI=1S/C14H14N2O4/c1-8(2)12-10(14(19)20)7-15-16(12)11-6-4-3-5-9(11)13(17)18/h3-8H,1-2H3,(H,17,18)(H,19,20). The van der Waals surface area contributed by atoms with Gasteiger partial charge in [0.1, 0.15) is 5.56 Å². The number of carbonyl (C=O) groups is 2. The van der Waals surface area contributed by atoms with Gasteiger partial charge in [-0.2, -0.15) is 5.10 Å². The molecule has 0 aliphatic carbocycles. The fraction of sp³-hybridized carbons (Fsp3) is 0.214. The van der Waals surface area contributed by atoms with Crippen molar-refractivity contribution < 1.29 is 19.8 Å². The second kappa shape index (κ2) is 5.16. The smallest absolute Gasteiger partial charge is 0.339 e. The van der Waals surface area contributed by atoms with Gasteiger partial charge in [-0.15, -0.1) is 0 Å². The molecule has 2 rings (SSSR count). The number of nitrogens with zero attached hydrogens (tertiary/aromatic N) is 2. The number of aromatic carboxylic acids is 2. The molecule has 0 unspecified atom stereocenters. The van der Waals surface area contributed by atoms with Crippen molar-refractivity contribution in [3.63, 3.8) is 0 Å². The summed E-state index contributed by atoms with van der Waals surface area (Å²) in [6.45, 7) is 3.67. The van der Waals surface area contributed by atoms with Crippen molar-refractivity contribution in [1.82, 2.24) is 9.78 Å². The number of benzene rings is 1. The third-order valence-corrected chi connectivity index (χ3v) is 2.95. The maximum atomic E-state index is 11.3. The molecule has 0 saturated carbocycles. The lowest BCUT2D eigenvalue weighted by Gasteiger charge is -2.13. The monoisotopic (exact) mass is 274 g/mol. The fourth-order valence-corrected chi connectivity index (χ4v) is 2.11. The highest BCUT2D eigenvalue weighted by molar-refractivity contribution is 5.92. The minimum Gasteiger partial charge on any atom is -0.478 e. The van der Waals surface area contributed by atoms with Gasteiger partial charge >= 0.3 is 11.9 Å². The van der Waals surface area contributed by atoms with Crippen molar-refractivity contribution in [2.24, 2.45) is 0 Å². The lowest BCUT2D eigenvalue weighted by atomic mass is 10.1. The molecule has 6 heteroatoms. The highest BCUT2D eigenvalue weighted by atomic mass is 16.4. The molecule has 1 aromatic heterocycles. The van der Waals surface area contributed by atoms with E-state index in [1.165, 1.54) is 16.9 Å². The average molecular weight is 274 g/mol. The lowest BCUT2D eigenvalue weighted by Crippen LogP contribution is -2.12. The molecule has 0 spiro atoms. The normalized spacial score (nSPS) is 10.8. The first-order valence-corrected chi connectivity index (χ1v) is 6.07. The van der Waals surface area contributed by atoms with Crippen molar-refractivity contribution in [3.05, 3.63) is 47.3 Å². The maximum Gasteiger partial charge on any atom is 0.339 e. The Labute approximate surface area is 115 Å². The summed E-state index contributed by atoms with van der Waals surface area (Å²) in [5, 5.41) is 22.4. The lowest BCUT2D eigenvalue weighted by molar-refractivity contribution is 0.0686. The van der Waals surface area contributed by atoms with Gasteiger partial charge in [-0.1, -0.05) is 26.0 Å². The third-order valence-electron chi connectivity index (χ3n) is 2.95. The van der Waals surface area contributed by atoms with Gasteiger partial charge in [-0.3, -0.25) is 0 Å². The number of aromatic nitrogens is 2. The van der Waals surface area contributed by atoms with Crippen molar-refractivity contribution in [2.75, 3.05) is 0 Å². The molecule has 0 aliphatic heterocycles. The van der Waals surface area contributed by atoms with E-state index < -0.39 is 11.9 Å². The zero-order valence-electron chi connectivity index (χ0n) is 11.1. The number of carboxylic acids is 2. The summed E-state index contributed by atoms with van der Waals surface area (Å²) in [5.74, 6) is -2.26. The molecule has 1 aromatic carbocycles. The second-order valence-corrected chi connectivity index (χ2v) is 4.64. The van der Waals surface area contributed by atoms with Crippen molar-refractivity contribution in [2.45, 2.75) is 19.8 Å². The molecule has 2 aromatic rings. The summed E-state index contributed by atoms with van der Waals surface area (Å²) in [5.41, 5.74) is 0.997. The van der Waals surface area contributed by atoms with Crippen molar-refractivity contribution in [3.8, 4) is 5.69 Å². The molecule has 0 saturated heterocycles. The Hall–Kier alpha value is -2.63. The zero-order valence-corrected chi connectivity index (χ0v) is 11.1. The molecule has 0 aliphatic rings. The van der Waals surface area contributed by atoms with Crippen LogP contribution in [0.3, 0.4) is 0 Å². The molecule has 6 nitrogen and oxygen atoms in total. The summed E-state index contributed by atoms with van der Waals surface area (Å²) in [6.07, 6.45) is 1.25. The molecular weight excluding hydrogens is 260 g/mol. The van der Waals surface area contributed by atoms with Crippen LogP contribution in [0.5, 0.6) is 0 Å². The average Bonchev–Trinajstić information content (AvgIpc) is 2.83. The van der Waals surface area contributed by atoms with Crippen LogP contribution in [0.4, 0.5) is 0 Å². The number of rotatable bonds is 4. The Morgan fingerprint density at radius 1 is 1.10 bits per heavy atom. The summed E-state index contributed by atoms with van der Waals surface area (Å²) >= 11 is 0. The van der Waals surface area contributed by atoms with Crippen LogP contribution >= 0.6 is 0 Å². The summed E-state index contributed by atoms with van der Waals surface area (Å²) in [7, 11) is 0. The van der Waals surface area contributed by atoms with E-state index in [1.807, 2.05) is 13.8 Å². The molecule has 0 atom stereocenters. The summed E-state index contributed by atoms with van der Waals surface area (Å²) in [6, 6.07) is 6.37. The Morgan fingerprint density at radius 3 is 2.25 bits per heavy atom. The maximum absolute atomic E-state index is 11.3. The van der Waals surface area contributed by atoms with Crippen LogP contribution in [-0.2, 0) is 0 Å². The highest BCUT2D eigenvalue weighted by Gasteiger charge is 2.22. The minimum absolute atomic E-state index is 0.0782. The predicted molar refractivity (Wildman–Crippen MR) is 71.6 cm³/mol. The van der Waals surface area contributed by atoms with Gasteiger partial charge in [0.25, 0.3) is 0 Å². The van der Waals surface area contributed by atoms with Gasteiger partial charge in [0.05, 0.1) is 23.1 Å². The number of hydrogen-bond donors (Lipinski definition) is 2. The first-order valence-electron chi connectivity index (χ1n) is 6.07. The van der Waals surface area contributed by atoms with E-state index in [2.05, 4.69) is 5.10 Å². The van der Waals surface area contributed by atoms with Crippen molar-refractivity contribution in [1.29, 1.82) is 0 Å². The Kier molecular flexibility index (Phi) is 3.56. The first-order chi connectivity index (χ1) is 9.43. The molecule has 104 valence electrons. The van der Waals surface area contributed by atoms with E-state index in [-0.39, 0.29) is 17.0 Å². The largest absolute Gasteiger partial charge is 0.478 e. The topological polar surface area (TPSA) is 92.4 Å². The number of carboxylic acid groups (broad SMARTS) is 2. The van der Waals surface area contributed by atoms with E-state index in [1.54, 1.807) is 18.2 Å². The Balaban J connectivity index is 2.71. The van der Waals surface area contributed by atoms with Crippen LogP contribution in [0.25, 0.3) is 5.69 Å². The van der Waals surface area contributed by atoms with E-state index in [4.69, 9.17) is 0 Å². The van der Waals surface area contributed by atoms with Crippen LogP contribution in [0.2, 0.25) is 0 Å². The fourth-order valence-electron chi connectivity index (χ4n) is 2.11.